The zero-order valence-electron chi connectivity index (χ0n) is 17.1. The van der Waals surface area contributed by atoms with Crippen molar-refractivity contribution < 1.29 is 9.53 Å². The van der Waals surface area contributed by atoms with E-state index in [1.54, 1.807) is 6.21 Å². The average molecular weight is 398 g/mol. The lowest BCUT2D eigenvalue weighted by atomic mass is 9.89. The van der Waals surface area contributed by atoms with Crippen LogP contribution in [0.25, 0.3) is 0 Å². The molecule has 0 bridgehead atoms. The lowest BCUT2D eigenvalue weighted by Gasteiger charge is -2.18. The molecule has 6 heteroatoms. The Morgan fingerprint density at radius 2 is 1.68 bits per heavy atom. The van der Waals surface area contributed by atoms with Crippen LogP contribution < -0.4 is 5.73 Å². The Morgan fingerprint density at radius 1 is 1.07 bits per heavy atom. The third kappa shape index (κ3) is 5.70. The number of nitrogens with zero attached hydrogens (tertiary/aromatic N) is 2. The molecule has 148 valence electrons. The van der Waals surface area contributed by atoms with Crippen LogP contribution >= 0.6 is 11.8 Å². The SMILES string of the molecule is CC(=O)OCc1c(C)c(C)c(C=NN=C(N)SCc2ccccc2)c(C)c1C. The number of carbonyl (C=O) groups is 1. The standard InChI is InChI=1S/C22H27N3O2S/c1-14-16(3)21(12-27-18(5)26)17(4)15(2)20(14)11-24-25-22(23)28-13-19-9-7-6-8-10-19/h6-11H,12-13H2,1-5H3,(H2,23,25). The van der Waals surface area contributed by atoms with Crippen molar-refractivity contribution in [1.82, 2.24) is 0 Å². The fraction of sp³-hybridized carbons (Fsp3) is 0.318. The van der Waals surface area contributed by atoms with Gasteiger partial charge in [-0.05, 0) is 61.1 Å². The van der Waals surface area contributed by atoms with Gasteiger partial charge >= 0.3 is 5.97 Å². The summed E-state index contributed by atoms with van der Waals surface area (Å²) >= 11 is 1.46. The van der Waals surface area contributed by atoms with Gasteiger partial charge in [-0.2, -0.15) is 5.10 Å². The van der Waals surface area contributed by atoms with Crippen molar-refractivity contribution in [2.45, 2.75) is 47.0 Å². The van der Waals surface area contributed by atoms with Crippen molar-refractivity contribution in [3.63, 3.8) is 0 Å². The van der Waals surface area contributed by atoms with E-state index < -0.39 is 0 Å². The first-order valence-corrected chi connectivity index (χ1v) is 10.1. The third-order valence-corrected chi connectivity index (χ3v) is 5.69. The number of esters is 1. The summed E-state index contributed by atoms with van der Waals surface area (Å²) in [4.78, 5) is 11.2. The average Bonchev–Trinajstić information content (AvgIpc) is 2.68. The minimum Gasteiger partial charge on any atom is -0.461 e. The van der Waals surface area contributed by atoms with Crippen molar-refractivity contribution in [2.75, 3.05) is 0 Å². The summed E-state index contributed by atoms with van der Waals surface area (Å²) in [6.07, 6.45) is 1.75. The van der Waals surface area contributed by atoms with Gasteiger partial charge < -0.3 is 10.5 Å². The monoisotopic (exact) mass is 397 g/mol. The summed E-state index contributed by atoms with van der Waals surface area (Å²) < 4.78 is 5.20. The van der Waals surface area contributed by atoms with E-state index in [-0.39, 0.29) is 12.6 Å². The van der Waals surface area contributed by atoms with E-state index in [2.05, 4.69) is 22.3 Å². The normalized spacial score (nSPS) is 11.8. The molecule has 0 fully saturated rings. The second-order valence-corrected chi connectivity index (χ2v) is 7.63. The maximum absolute atomic E-state index is 11.2. The lowest BCUT2D eigenvalue weighted by Crippen LogP contribution is -2.08. The molecule has 0 saturated carbocycles. The molecule has 2 aromatic rings. The first-order valence-electron chi connectivity index (χ1n) is 9.07. The maximum atomic E-state index is 11.2. The molecular formula is C22H27N3O2S. The fourth-order valence-corrected chi connectivity index (χ4v) is 3.52. The summed E-state index contributed by atoms with van der Waals surface area (Å²) in [6.45, 7) is 9.85. The van der Waals surface area contributed by atoms with Gasteiger partial charge in [0.1, 0.15) is 6.61 Å². The van der Waals surface area contributed by atoms with Crippen LogP contribution in [0.4, 0.5) is 0 Å². The molecule has 0 aliphatic rings. The van der Waals surface area contributed by atoms with Gasteiger partial charge in [-0.15, -0.1) is 5.10 Å². The summed E-state index contributed by atoms with van der Waals surface area (Å²) in [6, 6.07) is 10.1. The number of ether oxygens (including phenoxy) is 1. The van der Waals surface area contributed by atoms with E-state index in [9.17, 15) is 4.79 Å². The molecule has 2 rings (SSSR count). The van der Waals surface area contributed by atoms with Crippen LogP contribution in [-0.4, -0.2) is 17.4 Å². The molecule has 0 heterocycles. The minimum atomic E-state index is -0.280. The van der Waals surface area contributed by atoms with Crippen LogP contribution in [-0.2, 0) is 21.9 Å². The van der Waals surface area contributed by atoms with Gasteiger partial charge in [0, 0.05) is 18.2 Å². The number of amidine groups is 1. The zero-order valence-corrected chi connectivity index (χ0v) is 17.9. The van der Waals surface area contributed by atoms with Gasteiger partial charge in [0.25, 0.3) is 0 Å². The smallest absolute Gasteiger partial charge is 0.302 e. The van der Waals surface area contributed by atoms with Gasteiger partial charge in [-0.1, -0.05) is 42.1 Å². The Labute approximate surface area is 171 Å². The van der Waals surface area contributed by atoms with E-state index in [4.69, 9.17) is 10.5 Å². The Balaban J connectivity index is 2.15. The molecule has 0 saturated heterocycles. The Morgan fingerprint density at radius 3 is 2.25 bits per heavy atom. The second kappa shape index (κ2) is 10.1. The summed E-state index contributed by atoms with van der Waals surface area (Å²) in [5.41, 5.74) is 13.6. The van der Waals surface area contributed by atoms with Crippen molar-refractivity contribution in [1.29, 1.82) is 0 Å². The van der Waals surface area contributed by atoms with Gasteiger partial charge in [0.05, 0.1) is 6.21 Å². The highest BCUT2D eigenvalue weighted by atomic mass is 32.2. The highest BCUT2D eigenvalue weighted by Gasteiger charge is 2.14. The topological polar surface area (TPSA) is 77.0 Å². The molecule has 0 atom stereocenters. The predicted octanol–water partition coefficient (Wildman–Crippen LogP) is 4.57. The highest BCUT2D eigenvalue weighted by molar-refractivity contribution is 8.13. The number of rotatable bonds is 6. The first kappa shape index (κ1) is 21.7. The van der Waals surface area contributed by atoms with E-state index in [1.807, 2.05) is 45.9 Å². The van der Waals surface area contributed by atoms with Crippen molar-refractivity contribution >= 4 is 29.1 Å². The molecular weight excluding hydrogens is 370 g/mol. The van der Waals surface area contributed by atoms with Crippen LogP contribution in [0.5, 0.6) is 0 Å². The number of hydrogen-bond donors (Lipinski definition) is 1. The number of benzene rings is 2. The number of nitrogens with two attached hydrogens (primary N) is 1. The second-order valence-electron chi connectivity index (χ2n) is 6.63. The van der Waals surface area contributed by atoms with Gasteiger partial charge in [-0.3, -0.25) is 4.79 Å². The molecule has 0 amide bonds. The number of thioether (sulfide) groups is 1. The summed E-state index contributed by atoms with van der Waals surface area (Å²) in [7, 11) is 0. The molecule has 28 heavy (non-hydrogen) atoms. The Kier molecular flexibility index (Phi) is 7.81. The molecule has 2 N–H and O–H groups in total. The van der Waals surface area contributed by atoms with Gasteiger partial charge in [0.15, 0.2) is 5.17 Å². The van der Waals surface area contributed by atoms with Crippen LogP contribution in [0.1, 0.15) is 45.9 Å². The lowest BCUT2D eigenvalue weighted by molar-refractivity contribution is -0.142. The summed E-state index contributed by atoms with van der Waals surface area (Å²) in [5.74, 6) is 0.477. The number of hydrogen-bond acceptors (Lipinski definition) is 5. The van der Waals surface area contributed by atoms with Crippen LogP contribution in [0.3, 0.4) is 0 Å². The zero-order chi connectivity index (χ0) is 20.7. The summed E-state index contributed by atoms with van der Waals surface area (Å²) in [5, 5.41) is 8.74. The number of carbonyl (C=O) groups excluding carboxylic acids is 1. The largest absolute Gasteiger partial charge is 0.461 e. The van der Waals surface area contributed by atoms with E-state index in [1.165, 1.54) is 24.2 Å². The Hall–Kier alpha value is -2.60. The molecule has 5 nitrogen and oxygen atoms in total. The molecule has 0 aromatic heterocycles. The Bertz CT molecular complexity index is 877. The quantitative estimate of drug-likeness (QED) is 0.335. The molecule has 0 aliphatic heterocycles. The van der Waals surface area contributed by atoms with Crippen LogP contribution in [0.2, 0.25) is 0 Å². The first-order chi connectivity index (χ1) is 13.3. The van der Waals surface area contributed by atoms with Crippen LogP contribution in [0.15, 0.2) is 40.5 Å². The van der Waals surface area contributed by atoms with Gasteiger partial charge in [-0.25, -0.2) is 0 Å². The molecule has 0 spiro atoms. The predicted molar refractivity (Wildman–Crippen MR) is 118 cm³/mol. The maximum Gasteiger partial charge on any atom is 0.302 e. The van der Waals surface area contributed by atoms with Crippen molar-refractivity contribution in [3.8, 4) is 0 Å². The van der Waals surface area contributed by atoms with Crippen molar-refractivity contribution in [2.24, 2.45) is 15.9 Å². The van der Waals surface area contributed by atoms with Crippen molar-refractivity contribution in [3.05, 3.63) is 69.3 Å². The molecule has 2 aromatic carbocycles. The third-order valence-electron chi connectivity index (χ3n) is 4.83. The van der Waals surface area contributed by atoms with Crippen LogP contribution in [0, 0.1) is 27.7 Å². The van der Waals surface area contributed by atoms with E-state index >= 15 is 0 Å². The molecule has 0 aliphatic carbocycles. The van der Waals surface area contributed by atoms with E-state index in [0.717, 1.165) is 39.1 Å². The fourth-order valence-electron chi connectivity index (χ4n) is 2.91. The molecule has 0 unspecified atom stereocenters. The minimum absolute atomic E-state index is 0.280. The van der Waals surface area contributed by atoms with E-state index in [0.29, 0.717) is 5.17 Å². The molecule has 0 radical (unpaired) electrons. The van der Waals surface area contributed by atoms with Gasteiger partial charge in [0.2, 0.25) is 0 Å². The highest BCUT2D eigenvalue weighted by Crippen LogP contribution is 2.26.